The minimum absolute atomic E-state index is 0.145. The molecule has 0 atom stereocenters. The fourth-order valence-electron chi connectivity index (χ4n) is 1.32. The van der Waals surface area contributed by atoms with Crippen LogP contribution in [0.4, 0.5) is 10.1 Å². The molecule has 0 unspecified atom stereocenters. The van der Waals surface area contributed by atoms with Gasteiger partial charge in [-0.05, 0) is 40.2 Å². The van der Waals surface area contributed by atoms with Crippen molar-refractivity contribution in [2.45, 2.75) is 0 Å². The van der Waals surface area contributed by atoms with Gasteiger partial charge in [0.25, 0.3) is 5.91 Å². The molecule has 2 aromatic rings. The molecule has 0 aliphatic carbocycles. The first-order valence-electron chi connectivity index (χ1n) is 4.93. The molecule has 0 radical (unpaired) electrons. The number of carbonyl (C=O) groups excluding carboxylic acids is 1. The molecule has 0 aliphatic heterocycles. The van der Waals surface area contributed by atoms with Gasteiger partial charge in [-0.25, -0.2) is 4.39 Å². The summed E-state index contributed by atoms with van der Waals surface area (Å²) in [5, 5.41) is 2.73. The minimum atomic E-state index is -0.456. The number of amides is 1. The average Bonchev–Trinajstić information content (AvgIpc) is 2.32. The van der Waals surface area contributed by atoms with E-state index in [9.17, 15) is 9.18 Å². The summed E-state index contributed by atoms with van der Waals surface area (Å²) in [6.45, 7) is 0. The van der Waals surface area contributed by atoms with Crippen molar-refractivity contribution in [3.63, 3.8) is 0 Å². The molecule has 2 rings (SSSR count). The monoisotopic (exact) mass is 328 g/mol. The van der Waals surface area contributed by atoms with Gasteiger partial charge in [-0.15, -0.1) is 0 Å². The number of hydrogen-bond acceptors (Lipinski definition) is 2. The smallest absolute Gasteiger partial charge is 0.257 e. The van der Waals surface area contributed by atoms with E-state index in [2.05, 4.69) is 26.2 Å². The summed E-state index contributed by atoms with van der Waals surface area (Å²) in [6.07, 6.45) is 3.00. The molecule has 6 heteroatoms. The molecule has 1 aromatic heterocycles. The van der Waals surface area contributed by atoms with Gasteiger partial charge in [-0.1, -0.05) is 11.6 Å². The average molecular weight is 330 g/mol. The van der Waals surface area contributed by atoms with Gasteiger partial charge in [0.1, 0.15) is 5.82 Å². The van der Waals surface area contributed by atoms with Gasteiger partial charge >= 0.3 is 0 Å². The van der Waals surface area contributed by atoms with Crippen LogP contribution in [0.15, 0.2) is 41.1 Å². The van der Waals surface area contributed by atoms with E-state index in [-0.39, 0.29) is 10.9 Å². The van der Waals surface area contributed by atoms with E-state index in [0.29, 0.717) is 15.7 Å². The van der Waals surface area contributed by atoms with Gasteiger partial charge in [-0.2, -0.15) is 0 Å². The second-order valence-corrected chi connectivity index (χ2v) is 4.79. The molecular weight excluding hydrogens is 322 g/mol. The number of nitrogens with zero attached hydrogens (tertiary/aromatic N) is 1. The summed E-state index contributed by atoms with van der Waals surface area (Å²) < 4.78 is 13.5. The molecule has 1 aromatic carbocycles. The molecule has 3 nitrogen and oxygen atoms in total. The Labute approximate surface area is 116 Å². The molecule has 0 aliphatic rings. The zero-order valence-corrected chi connectivity index (χ0v) is 11.3. The Bertz CT molecular complexity index is 606. The maximum atomic E-state index is 12.8. The lowest BCUT2D eigenvalue weighted by atomic mass is 10.2. The van der Waals surface area contributed by atoms with Crippen molar-refractivity contribution >= 4 is 39.1 Å². The number of hydrogen-bond donors (Lipinski definition) is 1. The molecule has 1 N–H and O–H groups in total. The van der Waals surface area contributed by atoms with Gasteiger partial charge in [0.2, 0.25) is 0 Å². The molecule has 0 saturated carbocycles. The minimum Gasteiger partial charge on any atom is -0.321 e. The van der Waals surface area contributed by atoms with Crippen molar-refractivity contribution in [2.75, 3.05) is 5.32 Å². The van der Waals surface area contributed by atoms with Crippen LogP contribution in [-0.2, 0) is 0 Å². The van der Waals surface area contributed by atoms with Crippen molar-refractivity contribution in [3.8, 4) is 0 Å². The van der Waals surface area contributed by atoms with Gasteiger partial charge in [-0.3, -0.25) is 9.78 Å². The van der Waals surface area contributed by atoms with Crippen LogP contribution in [0.5, 0.6) is 0 Å². The second-order valence-electron chi connectivity index (χ2n) is 3.47. The molecule has 1 amide bonds. The van der Waals surface area contributed by atoms with E-state index in [0.717, 1.165) is 6.07 Å². The Kier molecular flexibility index (Phi) is 3.93. The first-order valence-corrected chi connectivity index (χ1v) is 6.10. The largest absolute Gasteiger partial charge is 0.321 e. The van der Waals surface area contributed by atoms with Gasteiger partial charge in [0, 0.05) is 16.9 Å². The third-order valence-corrected chi connectivity index (χ3v) is 2.89. The molecule has 18 heavy (non-hydrogen) atoms. The van der Waals surface area contributed by atoms with Crippen LogP contribution >= 0.6 is 27.5 Å². The van der Waals surface area contributed by atoms with E-state index in [1.165, 1.54) is 18.3 Å². The van der Waals surface area contributed by atoms with Crippen LogP contribution in [0, 0.1) is 5.82 Å². The number of halogens is 3. The highest BCUT2D eigenvalue weighted by Gasteiger charge is 2.09. The van der Waals surface area contributed by atoms with Gasteiger partial charge in [0.05, 0.1) is 16.3 Å². The third-order valence-electron chi connectivity index (χ3n) is 2.15. The lowest BCUT2D eigenvalue weighted by Crippen LogP contribution is -2.12. The number of rotatable bonds is 2. The Morgan fingerprint density at radius 2 is 2.11 bits per heavy atom. The van der Waals surface area contributed by atoms with Crippen LogP contribution in [0.3, 0.4) is 0 Å². The standard InChI is InChI=1S/C12H7BrClFN2O/c13-8-3-7(5-16-6-8)12(18)17-11-2-1-9(15)4-10(11)14/h1-6H,(H,17,18). The quantitative estimate of drug-likeness (QED) is 0.908. The predicted molar refractivity (Wildman–Crippen MR) is 71.3 cm³/mol. The summed E-state index contributed by atoms with van der Waals surface area (Å²) >= 11 is 9.03. The SMILES string of the molecule is O=C(Nc1ccc(F)cc1Cl)c1cncc(Br)c1. The fraction of sp³-hybridized carbons (Fsp3) is 0. The van der Waals surface area contributed by atoms with Crippen molar-refractivity contribution < 1.29 is 9.18 Å². The van der Waals surface area contributed by atoms with E-state index in [4.69, 9.17) is 11.6 Å². The predicted octanol–water partition coefficient (Wildman–Crippen LogP) is 3.89. The van der Waals surface area contributed by atoms with E-state index in [1.807, 2.05) is 0 Å². The number of aromatic nitrogens is 1. The van der Waals surface area contributed by atoms with Crippen molar-refractivity contribution in [1.82, 2.24) is 4.98 Å². The lowest BCUT2D eigenvalue weighted by Gasteiger charge is -2.07. The van der Waals surface area contributed by atoms with Crippen LogP contribution in [0.25, 0.3) is 0 Å². The van der Waals surface area contributed by atoms with E-state index < -0.39 is 5.82 Å². The molecule has 1 heterocycles. The third kappa shape index (κ3) is 3.05. The number of carbonyl (C=O) groups is 1. The topological polar surface area (TPSA) is 42.0 Å². The normalized spacial score (nSPS) is 10.2. The fourth-order valence-corrected chi connectivity index (χ4v) is 1.90. The lowest BCUT2D eigenvalue weighted by molar-refractivity contribution is 0.102. The highest BCUT2D eigenvalue weighted by Crippen LogP contribution is 2.23. The van der Waals surface area contributed by atoms with Crippen LogP contribution < -0.4 is 5.32 Å². The number of nitrogens with one attached hydrogen (secondary N) is 1. The van der Waals surface area contributed by atoms with Gasteiger partial charge in [0.15, 0.2) is 0 Å². The molecule has 0 spiro atoms. The van der Waals surface area contributed by atoms with Crippen molar-refractivity contribution in [2.24, 2.45) is 0 Å². The van der Waals surface area contributed by atoms with Crippen LogP contribution in [0.2, 0.25) is 5.02 Å². The zero-order chi connectivity index (χ0) is 13.1. The Morgan fingerprint density at radius 1 is 1.33 bits per heavy atom. The number of benzene rings is 1. The number of pyridine rings is 1. The van der Waals surface area contributed by atoms with Crippen LogP contribution in [-0.4, -0.2) is 10.9 Å². The second kappa shape index (κ2) is 5.46. The number of anilines is 1. The molecule has 0 bridgehead atoms. The zero-order valence-electron chi connectivity index (χ0n) is 8.95. The summed E-state index contributed by atoms with van der Waals surface area (Å²) in [7, 11) is 0. The first-order chi connectivity index (χ1) is 8.56. The van der Waals surface area contributed by atoms with Crippen LogP contribution in [0.1, 0.15) is 10.4 Å². The Hall–Kier alpha value is -1.46. The summed E-state index contributed by atoms with van der Waals surface area (Å²) in [5.41, 5.74) is 0.729. The summed E-state index contributed by atoms with van der Waals surface area (Å²) in [5.74, 6) is -0.820. The highest BCUT2D eigenvalue weighted by molar-refractivity contribution is 9.10. The van der Waals surface area contributed by atoms with Crippen molar-refractivity contribution in [1.29, 1.82) is 0 Å². The highest BCUT2D eigenvalue weighted by atomic mass is 79.9. The Balaban J connectivity index is 2.21. The summed E-state index contributed by atoms with van der Waals surface area (Å²) in [6, 6.07) is 5.39. The maximum Gasteiger partial charge on any atom is 0.257 e. The Morgan fingerprint density at radius 3 is 2.78 bits per heavy atom. The van der Waals surface area contributed by atoms with E-state index >= 15 is 0 Å². The first kappa shape index (κ1) is 13.0. The van der Waals surface area contributed by atoms with Gasteiger partial charge < -0.3 is 5.32 Å². The summed E-state index contributed by atoms with van der Waals surface area (Å²) in [4.78, 5) is 15.8. The molecular formula is C12H7BrClFN2O. The van der Waals surface area contributed by atoms with E-state index in [1.54, 1.807) is 12.3 Å². The molecule has 0 saturated heterocycles. The molecule has 92 valence electrons. The van der Waals surface area contributed by atoms with Crippen molar-refractivity contribution in [3.05, 3.63) is 57.5 Å². The maximum absolute atomic E-state index is 12.8. The molecule has 0 fully saturated rings.